The van der Waals surface area contributed by atoms with Gasteiger partial charge >= 0.3 is 0 Å². The smallest absolute Gasteiger partial charge is 0.223 e. The van der Waals surface area contributed by atoms with Crippen molar-refractivity contribution >= 4 is 11.7 Å². The quantitative estimate of drug-likeness (QED) is 0.710. The molecule has 0 aromatic carbocycles. The van der Waals surface area contributed by atoms with E-state index in [1.165, 1.54) is 0 Å². The molecule has 1 N–H and O–H groups in total. The Morgan fingerprint density at radius 1 is 1.00 bits per heavy atom. The lowest BCUT2D eigenvalue weighted by Crippen LogP contribution is -2.48. The lowest BCUT2D eigenvalue weighted by Gasteiger charge is -2.25. The van der Waals surface area contributed by atoms with E-state index in [0.29, 0.717) is 0 Å². The predicted molar refractivity (Wildman–Crippen MR) is 66.1 cm³/mol. The number of ketones is 1. The predicted octanol–water partition coefficient (Wildman–Crippen LogP) is 2.40. The molecule has 0 aliphatic carbocycles. The van der Waals surface area contributed by atoms with Crippen molar-refractivity contribution in [3.63, 3.8) is 0 Å². The molecule has 2 unspecified atom stereocenters. The van der Waals surface area contributed by atoms with Crippen LogP contribution in [0.4, 0.5) is 0 Å². The molecule has 3 nitrogen and oxygen atoms in total. The summed E-state index contributed by atoms with van der Waals surface area (Å²) in [5, 5.41) is 2.86. The number of hydrogen-bond acceptors (Lipinski definition) is 2. The van der Waals surface area contributed by atoms with Gasteiger partial charge in [0.1, 0.15) is 0 Å². The van der Waals surface area contributed by atoms with Crippen LogP contribution in [-0.2, 0) is 9.59 Å². The SMILES string of the molecule is CCC(C)C(N[13C](=O)C(C)C)C(=O)C(C)C. The van der Waals surface area contributed by atoms with Gasteiger partial charge in [0.25, 0.3) is 0 Å². The largest absolute Gasteiger partial charge is 0.346 e. The number of hydrogen-bond donors (Lipinski definition) is 1. The van der Waals surface area contributed by atoms with Crippen LogP contribution in [0.5, 0.6) is 0 Å². The van der Waals surface area contributed by atoms with Crippen LogP contribution in [0, 0.1) is 17.8 Å². The lowest BCUT2D eigenvalue weighted by atomic mass is 9.90. The van der Waals surface area contributed by atoms with E-state index >= 15 is 0 Å². The monoisotopic (exact) mass is 228 g/mol. The van der Waals surface area contributed by atoms with Gasteiger partial charge in [-0.25, -0.2) is 0 Å². The third kappa shape index (κ3) is 4.33. The highest BCUT2D eigenvalue weighted by molar-refractivity contribution is 5.90. The summed E-state index contributed by atoms with van der Waals surface area (Å²) in [6.45, 7) is 11.5. The third-order valence-electron chi connectivity index (χ3n) is 2.91. The Morgan fingerprint density at radius 2 is 1.50 bits per heavy atom. The first-order chi connectivity index (χ1) is 7.31. The van der Waals surface area contributed by atoms with Crippen molar-refractivity contribution in [3.05, 3.63) is 0 Å². The summed E-state index contributed by atoms with van der Waals surface area (Å²) in [5.41, 5.74) is 0. The van der Waals surface area contributed by atoms with E-state index < -0.39 is 0 Å². The Labute approximate surface area is 99.0 Å². The maximum absolute atomic E-state index is 12.0. The number of amides is 1. The average Bonchev–Trinajstić information content (AvgIpc) is 2.23. The summed E-state index contributed by atoms with van der Waals surface area (Å²) >= 11 is 0. The first-order valence-corrected chi connectivity index (χ1v) is 6.15. The van der Waals surface area contributed by atoms with Gasteiger partial charge in [0.15, 0.2) is 5.78 Å². The van der Waals surface area contributed by atoms with Gasteiger partial charge in [0.05, 0.1) is 6.04 Å². The fourth-order valence-corrected chi connectivity index (χ4v) is 1.41. The molecule has 16 heavy (non-hydrogen) atoms. The molecule has 0 heterocycles. The van der Waals surface area contributed by atoms with Crippen molar-refractivity contribution in [2.45, 2.75) is 54.0 Å². The van der Waals surface area contributed by atoms with E-state index in [-0.39, 0.29) is 35.5 Å². The highest BCUT2D eigenvalue weighted by Crippen LogP contribution is 2.13. The van der Waals surface area contributed by atoms with Crippen LogP contribution in [-0.4, -0.2) is 17.7 Å². The van der Waals surface area contributed by atoms with Gasteiger partial charge in [0.2, 0.25) is 5.91 Å². The van der Waals surface area contributed by atoms with Crippen LogP contribution in [0.25, 0.3) is 0 Å². The molecule has 0 saturated heterocycles. The minimum Gasteiger partial charge on any atom is -0.346 e. The molecule has 0 aliphatic heterocycles. The second-order valence-electron chi connectivity index (χ2n) is 5.08. The van der Waals surface area contributed by atoms with E-state index in [1.54, 1.807) is 0 Å². The number of carbonyl (C=O) groups excluding carboxylic acids is 2. The van der Waals surface area contributed by atoms with Gasteiger partial charge in [-0.15, -0.1) is 0 Å². The molecule has 0 radical (unpaired) electrons. The summed E-state index contributed by atoms with van der Waals surface area (Å²) < 4.78 is 0. The Balaban J connectivity index is 4.69. The maximum Gasteiger partial charge on any atom is 0.223 e. The zero-order chi connectivity index (χ0) is 12.9. The second-order valence-corrected chi connectivity index (χ2v) is 5.08. The second kappa shape index (κ2) is 6.66. The first kappa shape index (κ1) is 15.1. The molecule has 0 spiro atoms. The van der Waals surface area contributed by atoms with Crippen LogP contribution in [0.1, 0.15) is 48.0 Å². The number of carbonyl (C=O) groups is 2. The molecule has 0 bridgehead atoms. The highest BCUT2D eigenvalue weighted by Gasteiger charge is 2.27. The van der Waals surface area contributed by atoms with Crippen molar-refractivity contribution in [2.24, 2.45) is 17.8 Å². The van der Waals surface area contributed by atoms with Crippen molar-refractivity contribution in [2.75, 3.05) is 0 Å². The maximum atomic E-state index is 12.0. The standard InChI is InChI=1S/C13H25NO2/c1-7-10(6)11(12(15)8(2)3)14-13(16)9(4)5/h8-11H,7H2,1-6H3,(H,14,16)/i13+1. The minimum absolute atomic E-state index is 0.0357. The summed E-state index contributed by atoms with van der Waals surface area (Å²) in [6, 6.07) is -0.333. The summed E-state index contributed by atoms with van der Waals surface area (Å²) in [4.78, 5) is 23.6. The van der Waals surface area contributed by atoms with E-state index in [4.69, 9.17) is 0 Å². The third-order valence-corrected chi connectivity index (χ3v) is 2.91. The first-order valence-electron chi connectivity index (χ1n) is 6.15. The Bertz CT molecular complexity index is 246. The number of Topliss-reactive ketones (excluding diaryl/α,β-unsaturated/α-hetero) is 1. The van der Waals surface area contributed by atoms with Crippen LogP contribution in [0.2, 0.25) is 0 Å². The van der Waals surface area contributed by atoms with Crippen molar-refractivity contribution in [1.82, 2.24) is 5.32 Å². The van der Waals surface area contributed by atoms with Gasteiger partial charge in [-0.05, 0) is 5.92 Å². The fraction of sp³-hybridized carbons (Fsp3) is 0.846. The van der Waals surface area contributed by atoms with Gasteiger partial charge in [-0.3, -0.25) is 9.59 Å². The highest BCUT2D eigenvalue weighted by atomic mass is 16.2. The minimum atomic E-state index is -0.333. The average molecular weight is 228 g/mol. The molecule has 0 saturated carbocycles. The Kier molecular flexibility index (Phi) is 6.31. The van der Waals surface area contributed by atoms with Gasteiger partial charge < -0.3 is 5.32 Å². The van der Waals surface area contributed by atoms with Crippen molar-refractivity contribution < 1.29 is 9.59 Å². The number of nitrogens with one attached hydrogen (secondary N) is 1. The molecule has 0 aliphatic rings. The van der Waals surface area contributed by atoms with Crippen LogP contribution < -0.4 is 5.32 Å². The molecule has 94 valence electrons. The molecule has 0 rings (SSSR count). The lowest BCUT2D eigenvalue weighted by molar-refractivity contribution is -0.132. The molecular formula is C13H25NO2. The van der Waals surface area contributed by atoms with Crippen LogP contribution >= 0.6 is 0 Å². The van der Waals surface area contributed by atoms with E-state index in [1.807, 2.05) is 41.5 Å². The topological polar surface area (TPSA) is 46.2 Å². The molecule has 0 aromatic rings. The molecular weight excluding hydrogens is 203 g/mol. The molecule has 1 amide bonds. The molecule has 2 atom stereocenters. The van der Waals surface area contributed by atoms with Crippen molar-refractivity contribution in [1.29, 1.82) is 0 Å². The van der Waals surface area contributed by atoms with E-state index in [9.17, 15) is 9.59 Å². The van der Waals surface area contributed by atoms with Gasteiger partial charge in [0, 0.05) is 11.8 Å². The normalized spacial score (nSPS) is 15.0. The fourth-order valence-electron chi connectivity index (χ4n) is 1.41. The van der Waals surface area contributed by atoms with E-state index in [0.717, 1.165) is 6.42 Å². The Hall–Kier alpha value is -0.860. The molecule has 0 fully saturated rings. The molecule has 3 heteroatoms. The molecule has 0 aromatic heterocycles. The summed E-state index contributed by atoms with van der Waals surface area (Å²) in [7, 11) is 0. The van der Waals surface area contributed by atoms with Crippen LogP contribution in [0.15, 0.2) is 0 Å². The van der Waals surface area contributed by atoms with Crippen LogP contribution in [0.3, 0.4) is 0 Å². The van der Waals surface area contributed by atoms with Gasteiger partial charge in [-0.2, -0.15) is 0 Å². The van der Waals surface area contributed by atoms with Crippen molar-refractivity contribution in [3.8, 4) is 0 Å². The summed E-state index contributed by atoms with van der Waals surface area (Å²) in [5.74, 6) is 0.165. The number of rotatable bonds is 6. The summed E-state index contributed by atoms with van der Waals surface area (Å²) in [6.07, 6.45) is 0.890. The zero-order valence-corrected chi connectivity index (χ0v) is 11.3. The Morgan fingerprint density at radius 3 is 1.81 bits per heavy atom. The van der Waals surface area contributed by atoms with Gasteiger partial charge in [-0.1, -0.05) is 48.0 Å². The zero-order valence-electron chi connectivity index (χ0n) is 11.3. The van der Waals surface area contributed by atoms with E-state index in [2.05, 4.69) is 5.32 Å².